The summed E-state index contributed by atoms with van der Waals surface area (Å²) < 4.78 is 0. The van der Waals surface area contributed by atoms with Crippen LogP contribution in [0.3, 0.4) is 0 Å². The van der Waals surface area contributed by atoms with Crippen LogP contribution in [0.15, 0.2) is 12.1 Å². The van der Waals surface area contributed by atoms with E-state index >= 15 is 0 Å². The van der Waals surface area contributed by atoms with Crippen LogP contribution in [0.25, 0.3) is 0 Å². The van der Waals surface area contributed by atoms with Gasteiger partial charge in [0, 0.05) is 12.2 Å². The predicted octanol–water partition coefficient (Wildman–Crippen LogP) is 2.54. The standard InChI is InChI=1S/C15H23NO2/c1-5-11-9-12(6-2)14(13(7-3)10-11)16(8-4)15(17)18/h9-10H,5-8H2,1-4H3,(H,17,18)/p-1. The van der Waals surface area contributed by atoms with E-state index in [9.17, 15) is 9.90 Å². The lowest BCUT2D eigenvalue weighted by molar-refractivity contribution is -0.246. The van der Waals surface area contributed by atoms with Gasteiger partial charge in [-0.3, -0.25) is 0 Å². The van der Waals surface area contributed by atoms with Crippen molar-refractivity contribution < 1.29 is 9.90 Å². The van der Waals surface area contributed by atoms with Crippen molar-refractivity contribution in [1.82, 2.24) is 0 Å². The molecular formula is C15H22NO2-. The molecule has 0 unspecified atom stereocenters. The monoisotopic (exact) mass is 248 g/mol. The normalized spacial score (nSPS) is 10.4. The number of anilines is 1. The summed E-state index contributed by atoms with van der Waals surface area (Å²) in [4.78, 5) is 12.6. The lowest BCUT2D eigenvalue weighted by Gasteiger charge is -2.29. The van der Waals surface area contributed by atoms with Crippen LogP contribution in [0.2, 0.25) is 0 Å². The zero-order chi connectivity index (χ0) is 13.7. The first-order valence-electron chi connectivity index (χ1n) is 6.72. The minimum absolute atomic E-state index is 0.424. The SMILES string of the molecule is CCc1cc(CC)c(N(CC)C(=O)[O-])c(CC)c1. The summed E-state index contributed by atoms with van der Waals surface area (Å²) in [5.41, 5.74) is 4.29. The van der Waals surface area contributed by atoms with Crippen LogP contribution in [0.1, 0.15) is 44.4 Å². The van der Waals surface area contributed by atoms with Crippen LogP contribution in [-0.4, -0.2) is 12.6 Å². The van der Waals surface area contributed by atoms with Crippen molar-refractivity contribution >= 4 is 11.8 Å². The number of carbonyl (C=O) groups excluding carboxylic acids is 1. The van der Waals surface area contributed by atoms with E-state index in [1.807, 2.05) is 6.92 Å². The van der Waals surface area contributed by atoms with E-state index in [4.69, 9.17) is 0 Å². The second kappa shape index (κ2) is 6.43. The maximum atomic E-state index is 11.2. The molecule has 0 spiro atoms. The molecule has 1 rings (SSSR count). The summed E-state index contributed by atoms with van der Waals surface area (Å²) in [5, 5.41) is 11.2. The number of hydrogen-bond acceptors (Lipinski definition) is 2. The Kier molecular flexibility index (Phi) is 5.20. The molecule has 0 aliphatic rings. The van der Waals surface area contributed by atoms with E-state index in [2.05, 4.69) is 32.9 Å². The van der Waals surface area contributed by atoms with Crippen molar-refractivity contribution in [3.05, 3.63) is 28.8 Å². The van der Waals surface area contributed by atoms with Crippen LogP contribution in [0.4, 0.5) is 10.5 Å². The summed E-state index contributed by atoms with van der Waals surface area (Å²) in [7, 11) is 0. The van der Waals surface area contributed by atoms with Gasteiger partial charge in [-0.2, -0.15) is 0 Å². The number of aryl methyl sites for hydroxylation is 3. The van der Waals surface area contributed by atoms with Crippen molar-refractivity contribution in [1.29, 1.82) is 0 Å². The second-order valence-electron chi connectivity index (χ2n) is 4.33. The number of nitrogens with zero attached hydrogens (tertiary/aromatic N) is 1. The topological polar surface area (TPSA) is 43.4 Å². The Bertz CT molecular complexity index is 401. The number of benzene rings is 1. The fourth-order valence-corrected chi connectivity index (χ4v) is 2.30. The molecule has 1 aromatic rings. The molecule has 0 saturated carbocycles. The van der Waals surface area contributed by atoms with Gasteiger partial charge in [0.25, 0.3) is 0 Å². The highest BCUT2D eigenvalue weighted by atomic mass is 16.4. The Balaban J connectivity index is 3.43. The summed E-state index contributed by atoms with van der Waals surface area (Å²) >= 11 is 0. The molecule has 0 saturated heterocycles. The van der Waals surface area contributed by atoms with E-state index in [-0.39, 0.29) is 0 Å². The number of hydrogen-bond donors (Lipinski definition) is 0. The van der Waals surface area contributed by atoms with Gasteiger partial charge in [-0.25, -0.2) is 0 Å². The van der Waals surface area contributed by atoms with E-state index in [0.29, 0.717) is 6.54 Å². The van der Waals surface area contributed by atoms with Crippen LogP contribution < -0.4 is 10.0 Å². The average Bonchev–Trinajstić information content (AvgIpc) is 2.38. The first-order valence-corrected chi connectivity index (χ1v) is 6.72. The zero-order valence-electron chi connectivity index (χ0n) is 11.7. The lowest BCUT2D eigenvalue weighted by atomic mass is 9.97. The highest BCUT2D eigenvalue weighted by molar-refractivity contribution is 5.87. The van der Waals surface area contributed by atoms with E-state index in [1.165, 1.54) is 10.5 Å². The van der Waals surface area contributed by atoms with E-state index in [1.54, 1.807) is 0 Å². The smallest absolute Gasteiger partial charge is 0.141 e. The second-order valence-corrected chi connectivity index (χ2v) is 4.33. The molecule has 0 fully saturated rings. The van der Waals surface area contributed by atoms with Crippen molar-refractivity contribution in [2.75, 3.05) is 11.4 Å². The molecule has 0 N–H and O–H groups in total. The third-order valence-corrected chi connectivity index (χ3v) is 3.30. The highest BCUT2D eigenvalue weighted by Gasteiger charge is 2.15. The Morgan fingerprint density at radius 3 is 1.83 bits per heavy atom. The number of amides is 1. The molecule has 0 bridgehead atoms. The Morgan fingerprint density at radius 2 is 1.56 bits per heavy atom. The van der Waals surface area contributed by atoms with Crippen LogP contribution >= 0.6 is 0 Å². The molecule has 0 aromatic heterocycles. The molecule has 0 aliphatic heterocycles. The summed E-state index contributed by atoms with van der Waals surface area (Å²) in [6.07, 6.45) is 1.52. The maximum Gasteiger partial charge on any atom is 0.141 e. The zero-order valence-corrected chi connectivity index (χ0v) is 11.7. The van der Waals surface area contributed by atoms with Gasteiger partial charge >= 0.3 is 0 Å². The van der Waals surface area contributed by atoms with Crippen molar-refractivity contribution in [3.63, 3.8) is 0 Å². The van der Waals surface area contributed by atoms with Crippen molar-refractivity contribution in [3.8, 4) is 0 Å². The third kappa shape index (κ3) is 2.84. The summed E-state index contributed by atoms with van der Waals surface area (Å²) in [6.45, 7) is 8.49. The molecular weight excluding hydrogens is 226 g/mol. The fourth-order valence-electron chi connectivity index (χ4n) is 2.30. The third-order valence-electron chi connectivity index (χ3n) is 3.30. The minimum Gasteiger partial charge on any atom is -0.530 e. The molecule has 0 aliphatic carbocycles. The number of rotatable bonds is 5. The van der Waals surface area contributed by atoms with Gasteiger partial charge in [0.2, 0.25) is 0 Å². The first kappa shape index (κ1) is 14.6. The molecule has 3 heteroatoms. The average molecular weight is 248 g/mol. The quantitative estimate of drug-likeness (QED) is 0.803. The van der Waals surface area contributed by atoms with E-state index < -0.39 is 6.09 Å². The summed E-state index contributed by atoms with van der Waals surface area (Å²) in [5.74, 6) is 0. The molecule has 100 valence electrons. The molecule has 1 amide bonds. The molecule has 3 nitrogen and oxygen atoms in total. The highest BCUT2D eigenvalue weighted by Crippen LogP contribution is 2.28. The first-order chi connectivity index (χ1) is 8.58. The number of carboxylic acid groups (broad SMARTS) is 1. The van der Waals surface area contributed by atoms with Gasteiger partial charge in [-0.05, 0) is 42.9 Å². The van der Waals surface area contributed by atoms with Gasteiger partial charge in [0.15, 0.2) is 0 Å². The minimum atomic E-state index is -1.12. The van der Waals surface area contributed by atoms with Crippen LogP contribution in [0.5, 0.6) is 0 Å². The molecule has 0 atom stereocenters. The van der Waals surface area contributed by atoms with Gasteiger partial charge < -0.3 is 14.8 Å². The van der Waals surface area contributed by atoms with Gasteiger partial charge in [0.1, 0.15) is 6.09 Å². The predicted molar refractivity (Wildman–Crippen MR) is 73.0 cm³/mol. The van der Waals surface area contributed by atoms with Crippen molar-refractivity contribution in [2.45, 2.75) is 47.0 Å². The maximum absolute atomic E-state index is 11.2. The van der Waals surface area contributed by atoms with Crippen LogP contribution in [0, 0.1) is 0 Å². The van der Waals surface area contributed by atoms with Crippen LogP contribution in [-0.2, 0) is 19.3 Å². The number of carbonyl (C=O) groups is 1. The Labute approximate surface area is 109 Å². The molecule has 0 heterocycles. The van der Waals surface area contributed by atoms with Gasteiger partial charge in [-0.1, -0.05) is 32.9 Å². The fraction of sp³-hybridized carbons (Fsp3) is 0.533. The van der Waals surface area contributed by atoms with E-state index in [0.717, 1.165) is 36.1 Å². The molecule has 1 aromatic carbocycles. The largest absolute Gasteiger partial charge is 0.530 e. The molecule has 18 heavy (non-hydrogen) atoms. The summed E-state index contributed by atoms with van der Waals surface area (Å²) in [6, 6.07) is 4.22. The Hall–Kier alpha value is -1.51. The van der Waals surface area contributed by atoms with Gasteiger partial charge in [-0.15, -0.1) is 0 Å². The molecule has 0 radical (unpaired) electrons. The van der Waals surface area contributed by atoms with Crippen molar-refractivity contribution in [2.24, 2.45) is 0 Å². The Morgan fingerprint density at radius 1 is 1.06 bits per heavy atom. The lowest BCUT2D eigenvalue weighted by Crippen LogP contribution is -2.42. The van der Waals surface area contributed by atoms with Gasteiger partial charge in [0.05, 0.1) is 0 Å².